The Morgan fingerprint density at radius 3 is 2.72 bits per heavy atom. The Morgan fingerprint density at radius 1 is 1.31 bits per heavy atom. The van der Waals surface area contributed by atoms with Crippen LogP contribution in [0.15, 0.2) is 16.7 Å². The van der Waals surface area contributed by atoms with Gasteiger partial charge in [0.05, 0.1) is 33.8 Å². The Labute approximate surface area is 186 Å². The minimum absolute atomic E-state index is 0.176. The average Bonchev–Trinajstić information content (AvgIpc) is 2.97. The third-order valence-electron chi connectivity index (χ3n) is 4.52. The van der Waals surface area contributed by atoms with Crippen molar-refractivity contribution in [3.05, 3.63) is 32.3 Å². The molecule has 0 aromatic carbocycles. The monoisotopic (exact) mass is 516 g/mol. The van der Waals surface area contributed by atoms with Gasteiger partial charge in [-0.3, -0.25) is 0 Å². The van der Waals surface area contributed by atoms with Gasteiger partial charge in [0, 0.05) is 41.5 Å². The van der Waals surface area contributed by atoms with Crippen LogP contribution in [0, 0.1) is 6.92 Å². The van der Waals surface area contributed by atoms with E-state index in [4.69, 9.17) is 26.3 Å². The van der Waals surface area contributed by atoms with Crippen LogP contribution in [-0.2, 0) is 20.3 Å². The van der Waals surface area contributed by atoms with Crippen LogP contribution in [0.5, 0.6) is 0 Å². The summed E-state index contributed by atoms with van der Waals surface area (Å²) in [5.74, 6) is 0.443. The second-order valence-corrected chi connectivity index (χ2v) is 11.4. The molecule has 0 aliphatic carbocycles. The number of fused-ring (bicyclic) bond motifs is 1. The maximum Gasteiger partial charge on any atom is 0.226 e. The van der Waals surface area contributed by atoms with Crippen LogP contribution in [0.1, 0.15) is 10.4 Å². The Morgan fingerprint density at radius 2 is 2.03 bits per heavy atom. The number of hydrogen-bond donors (Lipinski definition) is 0. The van der Waals surface area contributed by atoms with E-state index in [1.807, 2.05) is 6.92 Å². The molecule has 0 amide bonds. The quantitative estimate of drug-likeness (QED) is 0.486. The summed E-state index contributed by atoms with van der Waals surface area (Å²) < 4.78 is 30.9. The fourth-order valence-electron chi connectivity index (χ4n) is 3.16. The smallest absolute Gasteiger partial charge is 0.226 e. The summed E-state index contributed by atoms with van der Waals surface area (Å²) in [7, 11) is -3.25. The van der Waals surface area contributed by atoms with Gasteiger partial charge in [0.15, 0.2) is 9.84 Å². The molecule has 0 N–H and O–H groups in total. The molecule has 154 valence electrons. The first-order valence-corrected chi connectivity index (χ1v) is 12.9. The van der Waals surface area contributed by atoms with Crippen LogP contribution in [-0.4, -0.2) is 55.9 Å². The lowest BCUT2D eigenvalue weighted by atomic mass is 10.1. The molecule has 11 heteroatoms. The Hall–Kier alpha value is -1.33. The number of halogens is 2. The summed E-state index contributed by atoms with van der Waals surface area (Å²) >= 11 is 11.4. The Kier molecular flexibility index (Phi) is 5.82. The molecule has 1 saturated heterocycles. The van der Waals surface area contributed by atoms with Crippen molar-refractivity contribution < 1.29 is 13.2 Å². The predicted molar refractivity (Wildman–Crippen MR) is 120 cm³/mol. The highest BCUT2D eigenvalue weighted by Gasteiger charge is 2.22. The van der Waals surface area contributed by atoms with E-state index < -0.39 is 9.84 Å². The second-order valence-electron chi connectivity index (χ2n) is 6.87. The molecule has 0 atom stereocenters. The minimum Gasteiger partial charge on any atom is -0.378 e. The topological polar surface area (TPSA) is 85.3 Å². The number of morpholine rings is 1. The molecule has 1 aliphatic rings. The van der Waals surface area contributed by atoms with Gasteiger partial charge in [-0.1, -0.05) is 11.6 Å². The van der Waals surface area contributed by atoms with Gasteiger partial charge in [0.2, 0.25) is 5.95 Å². The van der Waals surface area contributed by atoms with Crippen LogP contribution >= 0.6 is 38.9 Å². The van der Waals surface area contributed by atoms with E-state index in [1.54, 1.807) is 23.6 Å². The number of aryl methyl sites for hydroxylation is 1. The first kappa shape index (κ1) is 20.9. The second kappa shape index (κ2) is 8.07. The van der Waals surface area contributed by atoms with Gasteiger partial charge < -0.3 is 9.64 Å². The van der Waals surface area contributed by atoms with Gasteiger partial charge >= 0.3 is 0 Å². The van der Waals surface area contributed by atoms with Crippen LogP contribution < -0.4 is 4.90 Å². The summed E-state index contributed by atoms with van der Waals surface area (Å²) in [5.41, 5.74) is 2.72. The van der Waals surface area contributed by atoms with Gasteiger partial charge in [-0.25, -0.2) is 23.4 Å². The highest BCUT2D eigenvalue weighted by atomic mass is 79.9. The highest BCUT2D eigenvalue weighted by molar-refractivity contribution is 9.10. The molecule has 0 spiro atoms. The molecule has 0 saturated carbocycles. The van der Waals surface area contributed by atoms with Gasteiger partial charge in [0.25, 0.3) is 0 Å². The number of thiophene rings is 1. The molecule has 0 unspecified atom stereocenters. The van der Waals surface area contributed by atoms with Crippen LogP contribution in [0.4, 0.5) is 5.95 Å². The molecule has 1 aliphatic heterocycles. The zero-order valence-corrected chi connectivity index (χ0v) is 19.8. The van der Waals surface area contributed by atoms with E-state index in [2.05, 4.69) is 25.8 Å². The summed E-state index contributed by atoms with van der Waals surface area (Å²) in [5, 5.41) is 0.182. The third-order valence-corrected chi connectivity index (χ3v) is 8.03. The van der Waals surface area contributed by atoms with Gasteiger partial charge in [-0.05, 0) is 28.9 Å². The summed E-state index contributed by atoms with van der Waals surface area (Å²) in [6.45, 7) is 4.70. The van der Waals surface area contributed by atoms with Gasteiger partial charge in [0.1, 0.15) is 10.7 Å². The molecule has 4 heterocycles. The fourth-order valence-corrected chi connectivity index (χ4v) is 5.85. The van der Waals surface area contributed by atoms with Crippen molar-refractivity contribution in [1.29, 1.82) is 0 Å². The molecule has 29 heavy (non-hydrogen) atoms. The molecule has 0 bridgehead atoms. The lowest BCUT2D eigenvalue weighted by Crippen LogP contribution is -2.37. The van der Waals surface area contributed by atoms with E-state index in [0.29, 0.717) is 49.1 Å². The van der Waals surface area contributed by atoms with Crippen molar-refractivity contribution >= 4 is 64.9 Å². The van der Waals surface area contributed by atoms with Crippen molar-refractivity contribution in [2.75, 3.05) is 37.5 Å². The fraction of sp³-hybridized carbons (Fsp3) is 0.389. The van der Waals surface area contributed by atoms with Crippen LogP contribution in [0.2, 0.25) is 5.15 Å². The molecule has 3 aromatic heterocycles. The number of rotatable bonds is 4. The number of nitrogens with zero attached hydrogens (tertiary/aromatic N) is 4. The van der Waals surface area contributed by atoms with Crippen LogP contribution in [0.25, 0.3) is 21.5 Å². The molecular weight excluding hydrogens is 500 g/mol. The van der Waals surface area contributed by atoms with E-state index in [-0.39, 0.29) is 10.9 Å². The highest BCUT2D eigenvalue weighted by Crippen LogP contribution is 2.40. The van der Waals surface area contributed by atoms with Gasteiger partial charge in [-0.2, -0.15) is 0 Å². The van der Waals surface area contributed by atoms with E-state index >= 15 is 0 Å². The van der Waals surface area contributed by atoms with Crippen LogP contribution in [0.3, 0.4) is 0 Å². The number of ether oxygens (including phenoxy) is 1. The number of hydrogen-bond acceptors (Lipinski definition) is 8. The largest absolute Gasteiger partial charge is 0.378 e. The normalized spacial score (nSPS) is 15.2. The van der Waals surface area contributed by atoms with E-state index in [0.717, 1.165) is 19.6 Å². The maximum atomic E-state index is 11.8. The summed E-state index contributed by atoms with van der Waals surface area (Å²) in [6, 6.07) is 1.75. The molecule has 7 nitrogen and oxygen atoms in total. The number of sulfone groups is 1. The average molecular weight is 518 g/mol. The molecule has 4 rings (SSSR count). The Balaban J connectivity index is 1.90. The Bertz CT molecular complexity index is 1190. The molecule has 1 fully saturated rings. The number of anilines is 1. The van der Waals surface area contributed by atoms with Crippen molar-refractivity contribution in [3.8, 4) is 11.3 Å². The van der Waals surface area contributed by atoms with Crippen molar-refractivity contribution in [2.45, 2.75) is 12.7 Å². The number of aromatic nitrogens is 3. The SMILES string of the molecule is Cc1sc2c(-c3cnc(Cl)c(CS(C)(=O)=O)c3)nc(N3CCOCC3)nc2c1Br. The first-order valence-electron chi connectivity index (χ1n) is 8.85. The van der Waals surface area contributed by atoms with E-state index in [1.165, 1.54) is 6.26 Å². The molecular formula is C18H18BrClN4O3S2. The third kappa shape index (κ3) is 4.41. The minimum atomic E-state index is -3.25. The standard InChI is InChI=1S/C18H18BrClN4O3S2/c1-10-13(19)15-16(28-10)14(22-18(23-15)24-3-5-27-6-4-24)11-7-12(9-29(2,25)26)17(20)21-8-11/h7-8H,3-6,9H2,1-2H3. The summed E-state index contributed by atoms with van der Waals surface area (Å²) in [4.78, 5) is 17.0. The molecule has 3 aromatic rings. The van der Waals surface area contributed by atoms with Crippen molar-refractivity contribution in [2.24, 2.45) is 0 Å². The molecule has 0 radical (unpaired) electrons. The first-order chi connectivity index (χ1) is 13.7. The van der Waals surface area contributed by atoms with Crippen molar-refractivity contribution in [3.63, 3.8) is 0 Å². The maximum absolute atomic E-state index is 11.8. The predicted octanol–water partition coefficient (Wildman–Crippen LogP) is 3.86. The van der Waals surface area contributed by atoms with Gasteiger partial charge in [-0.15, -0.1) is 11.3 Å². The van der Waals surface area contributed by atoms with Crippen molar-refractivity contribution in [1.82, 2.24) is 15.0 Å². The summed E-state index contributed by atoms with van der Waals surface area (Å²) in [6.07, 6.45) is 2.80. The van der Waals surface area contributed by atoms with E-state index in [9.17, 15) is 8.42 Å². The zero-order chi connectivity index (χ0) is 20.8. The lowest BCUT2D eigenvalue weighted by molar-refractivity contribution is 0.122. The lowest BCUT2D eigenvalue weighted by Gasteiger charge is -2.27. The number of pyridine rings is 1. The zero-order valence-electron chi connectivity index (χ0n) is 15.8.